The summed E-state index contributed by atoms with van der Waals surface area (Å²) in [5, 5.41) is 3.38. The van der Waals surface area contributed by atoms with Crippen LogP contribution in [0.1, 0.15) is 53.9 Å². The van der Waals surface area contributed by atoms with Crippen LogP contribution in [0.4, 0.5) is 0 Å². The molecule has 16 heavy (non-hydrogen) atoms. The topological polar surface area (TPSA) is 30.5 Å². The zero-order valence-corrected chi connectivity index (χ0v) is 11.4. The van der Waals surface area contributed by atoms with Crippen LogP contribution in [0.15, 0.2) is 0 Å². The Labute approximate surface area is 99.9 Å². The van der Waals surface area contributed by atoms with E-state index in [4.69, 9.17) is 9.47 Å². The molecule has 1 N–H and O–H groups in total. The second-order valence-electron chi connectivity index (χ2n) is 5.92. The summed E-state index contributed by atoms with van der Waals surface area (Å²) in [5.41, 5.74) is -0.169. The summed E-state index contributed by atoms with van der Waals surface area (Å²) in [6, 6.07) is 0. The Morgan fingerprint density at radius 3 is 2.19 bits per heavy atom. The van der Waals surface area contributed by atoms with Gasteiger partial charge in [0.2, 0.25) is 0 Å². The molecule has 0 spiro atoms. The van der Waals surface area contributed by atoms with E-state index in [1.54, 1.807) is 0 Å². The van der Waals surface area contributed by atoms with E-state index in [-0.39, 0.29) is 17.5 Å². The number of hydrogen-bond acceptors (Lipinski definition) is 3. The van der Waals surface area contributed by atoms with Crippen molar-refractivity contribution in [1.82, 2.24) is 5.32 Å². The minimum Gasteiger partial charge on any atom is -0.345 e. The largest absolute Gasteiger partial charge is 0.345 e. The van der Waals surface area contributed by atoms with Gasteiger partial charge in [0.25, 0.3) is 0 Å². The lowest BCUT2D eigenvalue weighted by molar-refractivity contribution is -0.296. The van der Waals surface area contributed by atoms with Gasteiger partial charge in [0.05, 0.1) is 11.2 Å². The first-order chi connectivity index (χ1) is 7.35. The van der Waals surface area contributed by atoms with Crippen molar-refractivity contribution in [3.05, 3.63) is 0 Å². The summed E-state index contributed by atoms with van der Waals surface area (Å²) in [6.45, 7) is 12.6. The Balaban J connectivity index is 2.36. The Morgan fingerprint density at radius 2 is 1.69 bits per heavy atom. The van der Waals surface area contributed by atoms with Gasteiger partial charge in [-0.3, -0.25) is 0 Å². The zero-order valence-electron chi connectivity index (χ0n) is 11.4. The standard InChI is InChI=1S/C13H27NO2/c1-6-7-8-14-9-11-15-12(2,3)10-13(4,5)16-11/h11,14H,6-10H2,1-5H3. The molecule has 1 fully saturated rings. The van der Waals surface area contributed by atoms with Crippen LogP contribution in [-0.2, 0) is 9.47 Å². The first-order valence-electron chi connectivity index (χ1n) is 6.41. The molecule has 0 saturated carbocycles. The van der Waals surface area contributed by atoms with E-state index in [1.807, 2.05) is 0 Å². The SMILES string of the molecule is CCCCNCC1OC(C)(C)CC(C)(C)O1. The fourth-order valence-electron chi connectivity index (χ4n) is 2.45. The van der Waals surface area contributed by atoms with Crippen molar-refractivity contribution >= 4 is 0 Å². The van der Waals surface area contributed by atoms with Crippen molar-refractivity contribution in [1.29, 1.82) is 0 Å². The van der Waals surface area contributed by atoms with Crippen molar-refractivity contribution < 1.29 is 9.47 Å². The van der Waals surface area contributed by atoms with Crippen LogP contribution in [0.25, 0.3) is 0 Å². The van der Waals surface area contributed by atoms with Gasteiger partial charge < -0.3 is 14.8 Å². The van der Waals surface area contributed by atoms with Gasteiger partial charge in [-0.2, -0.15) is 0 Å². The number of hydrogen-bond donors (Lipinski definition) is 1. The first kappa shape index (κ1) is 13.9. The summed E-state index contributed by atoms with van der Waals surface area (Å²) in [7, 11) is 0. The number of nitrogens with one attached hydrogen (secondary N) is 1. The molecule has 0 radical (unpaired) electrons. The molecule has 0 aromatic carbocycles. The Hall–Kier alpha value is -0.120. The monoisotopic (exact) mass is 229 g/mol. The lowest BCUT2D eigenvalue weighted by atomic mass is 9.91. The molecule has 1 heterocycles. The second-order valence-corrected chi connectivity index (χ2v) is 5.92. The van der Waals surface area contributed by atoms with Crippen molar-refractivity contribution in [3.8, 4) is 0 Å². The highest BCUT2D eigenvalue weighted by atomic mass is 16.7. The van der Waals surface area contributed by atoms with E-state index in [0.717, 1.165) is 19.5 Å². The molecule has 0 atom stereocenters. The molecule has 3 nitrogen and oxygen atoms in total. The molecule has 1 aliphatic rings. The van der Waals surface area contributed by atoms with Gasteiger partial charge >= 0.3 is 0 Å². The Bertz CT molecular complexity index is 198. The van der Waals surface area contributed by atoms with E-state index in [1.165, 1.54) is 12.8 Å². The third kappa shape index (κ3) is 4.81. The Kier molecular flexibility index (Phi) is 4.77. The maximum absolute atomic E-state index is 5.90. The maximum Gasteiger partial charge on any atom is 0.171 e. The van der Waals surface area contributed by atoms with Gasteiger partial charge in [0.1, 0.15) is 0 Å². The average Bonchev–Trinajstić information content (AvgIpc) is 2.07. The van der Waals surface area contributed by atoms with Gasteiger partial charge in [-0.15, -0.1) is 0 Å². The number of ether oxygens (including phenoxy) is 2. The number of unbranched alkanes of at least 4 members (excludes halogenated alkanes) is 1. The molecule has 96 valence electrons. The predicted molar refractivity (Wildman–Crippen MR) is 66.5 cm³/mol. The van der Waals surface area contributed by atoms with Crippen LogP contribution < -0.4 is 5.32 Å². The van der Waals surface area contributed by atoms with Crippen molar-refractivity contribution in [2.75, 3.05) is 13.1 Å². The molecule has 0 aromatic rings. The fraction of sp³-hybridized carbons (Fsp3) is 1.00. The third-order valence-electron chi connectivity index (χ3n) is 2.77. The van der Waals surface area contributed by atoms with Crippen LogP contribution in [-0.4, -0.2) is 30.6 Å². The summed E-state index contributed by atoms with van der Waals surface area (Å²) in [6.07, 6.45) is 3.25. The van der Waals surface area contributed by atoms with Crippen molar-refractivity contribution in [3.63, 3.8) is 0 Å². The van der Waals surface area contributed by atoms with Crippen LogP contribution in [0.3, 0.4) is 0 Å². The van der Waals surface area contributed by atoms with Crippen molar-refractivity contribution in [2.45, 2.75) is 71.4 Å². The summed E-state index contributed by atoms with van der Waals surface area (Å²) >= 11 is 0. The van der Waals surface area contributed by atoms with Crippen LogP contribution in [0, 0.1) is 0 Å². The summed E-state index contributed by atoms with van der Waals surface area (Å²) in [5.74, 6) is 0. The normalized spacial score (nSPS) is 24.6. The molecule has 0 unspecified atom stereocenters. The van der Waals surface area contributed by atoms with Crippen LogP contribution >= 0.6 is 0 Å². The van der Waals surface area contributed by atoms with E-state index in [9.17, 15) is 0 Å². The van der Waals surface area contributed by atoms with Crippen LogP contribution in [0.5, 0.6) is 0 Å². The second kappa shape index (κ2) is 5.48. The van der Waals surface area contributed by atoms with Gasteiger partial charge in [0, 0.05) is 13.0 Å². The van der Waals surface area contributed by atoms with Crippen molar-refractivity contribution in [2.24, 2.45) is 0 Å². The number of rotatable bonds is 5. The lowest BCUT2D eigenvalue weighted by Crippen LogP contribution is -2.51. The molecule has 1 saturated heterocycles. The van der Waals surface area contributed by atoms with E-state index in [2.05, 4.69) is 39.9 Å². The maximum atomic E-state index is 5.90. The minimum absolute atomic E-state index is 0.0845. The molecule has 1 rings (SSSR count). The van der Waals surface area contributed by atoms with Gasteiger partial charge in [-0.1, -0.05) is 13.3 Å². The predicted octanol–water partition coefficient (Wildman–Crippen LogP) is 2.70. The quantitative estimate of drug-likeness (QED) is 0.735. The van der Waals surface area contributed by atoms with E-state index >= 15 is 0 Å². The highest BCUT2D eigenvalue weighted by Crippen LogP contribution is 2.33. The van der Waals surface area contributed by atoms with Gasteiger partial charge in [-0.25, -0.2) is 0 Å². The Morgan fingerprint density at radius 1 is 1.12 bits per heavy atom. The smallest absolute Gasteiger partial charge is 0.171 e. The zero-order chi connectivity index (χ0) is 12.2. The minimum atomic E-state index is -0.115. The summed E-state index contributed by atoms with van der Waals surface area (Å²) in [4.78, 5) is 0. The molecular weight excluding hydrogens is 202 g/mol. The van der Waals surface area contributed by atoms with E-state index < -0.39 is 0 Å². The highest BCUT2D eigenvalue weighted by Gasteiger charge is 2.39. The lowest BCUT2D eigenvalue weighted by Gasteiger charge is -2.45. The van der Waals surface area contributed by atoms with Gasteiger partial charge in [0.15, 0.2) is 6.29 Å². The molecule has 0 bridgehead atoms. The molecule has 3 heteroatoms. The molecular formula is C13H27NO2. The molecule has 0 aromatic heterocycles. The van der Waals surface area contributed by atoms with Crippen LogP contribution in [0.2, 0.25) is 0 Å². The highest BCUT2D eigenvalue weighted by molar-refractivity contribution is 4.86. The average molecular weight is 229 g/mol. The summed E-state index contributed by atoms with van der Waals surface area (Å²) < 4.78 is 11.8. The fourth-order valence-corrected chi connectivity index (χ4v) is 2.45. The van der Waals surface area contributed by atoms with E-state index in [0.29, 0.717) is 0 Å². The van der Waals surface area contributed by atoms with Gasteiger partial charge in [-0.05, 0) is 40.7 Å². The molecule has 0 amide bonds. The third-order valence-corrected chi connectivity index (χ3v) is 2.77. The molecule has 1 aliphatic heterocycles. The molecule has 0 aliphatic carbocycles. The first-order valence-corrected chi connectivity index (χ1v) is 6.41.